The van der Waals surface area contributed by atoms with Gasteiger partial charge in [-0.25, -0.2) is 0 Å². The number of halogens is 2. The van der Waals surface area contributed by atoms with Crippen molar-refractivity contribution in [3.8, 4) is 0 Å². The number of aromatic nitrogens is 1. The Morgan fingerprint density at radius 3 is 2.76 bits per heavy atom. The van der Waals surface area contributed by atoms with Crippen LogP contribution in [0.2, 0.25) is 0 Å². The molecule has 0 fully saturated rings. The second-order valence-corrected chi connectivity index (χ2v) is 4.88. The van der Waals surface area contributed by atoms with Crippen molar-refractivity contribution in [2.45, 2.75) is 0 Å². The molecule has 1 heterocycles. The Balaban J connectivity index is 2.66. The molecule has 3 nitrogen and oxygen atoms in total. The molecule has 2 aromatic rings. The van der Waals surface area contributed by atoms with Crippen molar-refractivity contribution in [3.05, 3.63) is 34.4 Å². The van der Waals surface area contributed by atoms with Gasteiger partial charge in [0.15, 0.2) is 0 Å². The predicted molar refractivity (Wildman–Crippen MR) is 70.7 cm³/mol. The highest BCUT2D eigenvalue weighted by molar-refractivity contribution is 9.10. The molecular formula is C12H9BrClNO2. The molecule has 0 aliphatic carbocycles. The summed E-state index contributed by atoms with van der Waals surface area (Å²) in [6, 6.07) is 5.60. The van der Waals surface area contributed by atoms with Gasteiger partial charge in [-0.05, 0) is 18.2 Å². The highest BCUT2D eigenvalue weighted by atomic mass is 79.9. The number of carbonyl (C=O) groups excluding carboxylic acids is 2. The van der Waals surface area contributed by atoms with E-state index in [2.05, 4.69) is 15.9 Å². The third-order valence-corrected chi connectivity index (χ3v) is 3.31. The number of fused-ring (bicyclic) bond motifs is 1. The number of benzene rings is 1. The summed E-state index contributed by atoms with van der Waals surface area (Å²) in [7, 11) is 1.83. The quantitative estimate of drug-likeness (QED) is 0.496. The lowest BCUT2D eigenvalue weighted by Crippen LogP contribution is -2.14. The van der Waals surface area contributed by atoms with Gasteiger partial charge in [-0.2, -0.15) is 0 Å². The summed E-state index contributed by atoms with van der Waals surface area (Å²) >= 11 is 8.75. The van der Waals surface area contributed by atoms with E-state index < -0.39 is 11.6 Å². The molecule has 17 heavy (non-hydrogen) atoms. The maximum atomic E-state index is 11.9. The van der Waals surface area contributed by atoms with Crippen LogP contribution in [0.25, 0.3) is 10.9 Å². The van der Waals surface area contributed by atoms with Gasteiger partial charge in [-0.1, -0.05) is 15.9 Å². The molecule has 88 valence electrons. The van der Waals surface area contributed by atoms with Crippen LogP contribution in [-0.2, 0) is 11.8 Å². The second kappa shape index (κ2) is 4.63. The molecule has 0 aliphatic rings. The zero-order valence-corrected chi connectivity index (χ0v) is 11.4. The smallest absolute Gasteiger partial charge is 0.232 e. The summed E-state index contributed by atoms with van der Waals surface area (Å²) in [6.45, 7) is 0. The molecule has 1 aromatic carbocycles. The number of rotatable bonds is 3. The maximum Gasteiger partial charge on any atom is 0.232 e. The fraction of sp³-hybridized carbons (Fsp3) is 0.167. The predicted octanol–water partition coefficient (Wildman–Crippen LogP) is 2.93. The number of ketones is 2. The summed E-state index contributed by atoms with van der Waals surface area (Å²) in [5, 5.41) is 0.755. The number of nitrogens with zero attached hydrogens (tertiary/aromatic N) is 1. The van der Waals surface area contributed by atoms with Crippen molar-refractivity contribution in [2.75, 3.05) is 5.88 Å². The fourth-order valence-corrected chi connectivity index (χ4v) is 2.24. The molecule has 0 bridgehead atoms. The number of aryl methyl sites for hydroxylation is 1. The van der Waals surface area contributed by atoms with Crippen LogP contribution in [0.4, 0.5) is 0 Å². The molecule has 2 rings (SSSR count). The normalized spacial score (nSPS) is 10.8. The molecule has 0 atom stereocenters. The summed E-state index contributed by atoms with van der Waals surface area (Å²) in [4.78, 5) is 23.2. The van der Waals surface area contributed by atoms with E-state index in [-0.39, 0.29) is 5.88 Å². The summed E-state index contributed by atoms with van der Waals surface area (Å²) in [5.41, 5.74) is 1.30. The van der Waals surface area contributed by atoms with Crippen LogP contribution >= 0.6 is 27.5 Å². The zero-order valence-electron chi connectivity index (χ0n) is 9.04. The van der Waals surface area contributed by atoms with Gasteiger partial charge in [0.25, 0.3) is 0 Å². The highest BCUT2D eigenvalue weighted by Crippen LogP contribution is 2.25. The first-order chi connectivity index (χ1) is 8.04. The lowest BCUT2D eigenvalue weighted by atomic mass is 10.1. The molecule has 0 spiro atoms. The number of hydrogen-bond donors (Lipinski definition) is 0. The van der Waals surface area contributed by atoms with Gasteiger partial charge in [0.2, 0.25) is 11.6 Å². The topological polar surface area (TPSA) is 39.1 Å². The molecule has 0 amide bonds. The first-order valence-electron chi connectivity index (χ1n) is 4.92. The van der Waals surface area contributed by atoms with E-state index >= 15 is 0 Å². The van der Waals surface area contributed by atoms with E-state index in [1.54, 1.807) is 6.20 Å². The maximum absolute atomic E-state index is 11.9. The Bertz CT molecular complexity index is 618. The molecule has 0 aliphatic heterocycles. The minimum Gasteiger partial charge on any atom is -0.350 e. The second-order valence-electron chi connectivity index (χ2n) is 3.70. The van der Waals surface area contributed by atoms with Gasteiger partial charge < -0.3 is 4.57 Å². The minimum absolute atomic E-state index is 0.288. The number of carbonyl (C=O) groups is 2. The average molecular weight is 315 g/mol. The average Bonchev–Trinajstić information content (AvgIpc) is 2.64. The summed E-state index contributed by atoms with van der Waals surface area (Å²) in [5.74, 6) is -1.41. The van der Waals surface area contributed by atoms with E-state index in [1.165, 1.54) is 0 Å². The monoisotopic (exact) mass is 313 g/mol. The van der Waals surface area contributed by atoms with Crippen molar-refractivity contribution in [1.29, 1.82) is 0 Å². The molecular weight excluding hydrogens is 305 g/mol. The van der Waals surface area contributed by atoms with Crippen molar-refractivity contribution in [3.63, 3.8) is 0 Å². The molecule has 0 saturated heterocycles. The van der Waals surface area contributed by atoms with Gasteiger partial charge in [0, 0.05) is 28.6 Å². The van der Waals surface area contributed by atoms with E-state index in [9.17, 15) is 9.59 Å². The standard InChI is InChI=1S/C12H9BrClNO2/c1-15-6-9(12(17)11(16)5-14)8-4-7(13)2-3-10(8)15/h2-4,6H,5H2,1H3. The van der Waals surface area contributed by atoms with Crippen molar-refractivity contribution >= 4 is 50.0 Å². The van der Waals surface area contributed by atoms with E-state index in [1.807, 2.05) is 29.8 Å². The Morgan fingerprint density at radius 1 is 1.41 bits per heavy atom. The molecule has 5 heteroatoms. The van der Waals surface area contributed by atoms with Crippen LogP contribution in [0.3, 0.4) is 0 Å². The Morgan fingerprint density at radius 2 is 2.12 bits per heavy atom. The molecule has 0 radical (unpaired) electrons. The molecule has 0 N–H and O–H groups in total. The van der Waals surface area contributed by atoms with Gasteiger partial charge in [-0.15, -0.1) is 11.6 Å². The van der Waals surface area contributed by atoms with Crippen LogP contribution in [0, 0.1) is 0 Å². The van der Waals surface area contributed by atoms with E-state index in [4.69, 9.17) is 11.6 Å². The summed E-state index contributed by atoms with van der Waals surface area (Å²) in [6.07, 6.45) is 1.66. The number of Topliss-reactive ketones (excluding diaryl/α,β-unsaturated/α-hetero) is 2. The zero-order chi connectivity index (χ0) is 12.6. The lowest BCUT2D eigenvalue weighted by Gasteiger charge is -1.97. The first kappa shape index (κ1) is 12.3. The highest BCUT2D eigenvalue weighted by Gasteiger charge is 2.19. The van der Waals surface area contributed by atoms with Crippen LogP contribution in [0.5, 0.6) is 0 Å². The van der Waals surface area contributed by atoms with Crippen LogP contribution in [-0.4, -0.2) is 22.0 Å². The van der Waals surface area contributed by atoms with Gasteiger partial charge in [0.05, 0.1) is 11.4 Å². The third-order valence-electron chi connectivity index (χ3n) is 2.57. The number of alkyl halides is 1. The molecule has 0 saturated carbocycles. The minimum atomic E-state index is -0.584. The van der Waals surface area contributed by atoms with Crippen molar-refractivity contribution in [2.24, 2.45) is 7.05 Å². The van der Waals surface area contributed by atoms with Gasteiger partial charge in [-0.3, -0.25) is 9.59 Å². The van der Waals surface area contributed by atoms with Crippen molar-refractivity contribution < 1.29 is 9.59 Å². The van der Waals surface area contributed by atoms with Crippen LogP contribution in [0.15, 0.2) is 28.9 Å². The molecule has 0 unspecified atom stereocenters. The van der Waals surface area contributed by atoms with Crippen LogP contribution < -0.4 is 0 Å². The Kier molecular flexibility index (Phi) is 3.35. The SMILES string of the molecule is Cn1cc(C(=O)C(=O)CCl)c2cc(Br)ccc21. The Hall–Kier alpha value is -1.13. The molecule has 1 aromatic heterocycles. The largest absolute Gasteiger partial charge is 0.350 e. The number of hydrogen-bond acceptors (Lipinski definition) is 2. The van der Waals surface area contributed by atoms with Gasteiger partial charge >= 0.3 is 0 Å². The van der Waals surface area contributed by atoms with Crippen molar-refractivity contribution in [1.82, 2.24) is 4.57 Å². The van der Waals surface area contributed by atoms with E-state index in [0.717, 1.165) is 15.4 Å². The third kappa shape index (κ3) is 2.15. The van der Waals surface area contributed by atoms with Gasteiger partial charge in [0.1, 0.15) is 0 Å². The first-order valence-corrected chi connectivity index (χ1v) is 6.25. The van der Waals surface area contributed by atoms with Crippen LogP contribution in [0.1, 0.15) is 10.4 Å². The summed E-state index contributed by atoms with van der Waals surface area (Å²) < 4.78 is 2.68. The lowest BCUT2D eigenvalue weighted by molar-refractivity contribution is -0.112. The fourth-order valence-electron chi connectivity index (χ4n) is 1.76. The Labute approximate surface area is 111 Å². The van der Waals surface area contributed by atoms with E-state index in [0.29, 0.717) is 5.56 Å².